The summed E-state index contributed by atoms with van der Waals surface area (Å²) < 4.78 is 0. The van der Waals surface area contributed by atoms with Gasteiger partial charge in [0.05, 0.1) is 11.9 Å². The lowest BCUT2D eigenvalue weighted by Gasteiger charge is -2.21. The topological polar surface area (TPSA) is 82.5 Å². The van der Waals surface area contributed by atoms with E-state index in [1.807, 2.05) is 0 Å². The second-order valence-electron chi connectivity index (χ2n) is 4.13. The van der Waals surface area contributed by atoms with Gasteiger partial charge in [0.15, 0.2) is 0 Å². The van der Waals surface area contributed by atoms with Crippen LogP contribution in [0.25, 0.3) is 0 Å². The minimum Gasteiger partial charge on any atom is -0.480 e. The third-order valence-electron chi connectivity index (χ3n) is 2.59. The van der Waals surface area contributed by atoms with Crippen LogP contribution in [0.1, 0.15) is 0 Å². The Balaban J connectivity index is 2.21. The Hall–Kier alpha value is -2.60. The summed E-state index contributed by atoms with van der Waals surface area (Å²) in [5, 5.41) is 12.0. The quantitative estimate of drug-likeness (QED) is 0.910. The molecule has 0 fully saturated rings. The van der Waals surface area contributed by atoms with E-state index in [9.17, 15) is 9.59 Å². The van der Waals surface area contributed by atoms with Crippen molar-refractivity contribution in [2.75, 3.05) is 16.8 Å². The molecule has 7 heteroatoms. The van der Waals surface area contributed by atoms with Crippen molar-refractivity contribution in [1.82, 2.24) is 4.98 Å². The molecule has 0 spiro atoms. The number of nitrogens with zero attached hydrogens (tertiary/aromatic N) is 2. The molecule has 2 rings (SSSR count). The molecule has 2 N–H and O–H groups in total. The average molecular weight is 306 g/mol. The highest BCUT2D eigenvalue weighted by molar-refractivity contribution is 6.30. The lowest BCUT2D eigenvalue weighted by atomic mass is 10.3. The highest BCUT2D eigenvalue weighted by atomic mass is 35.5. The van der Waals surface area contributed by atoms with Crippen molar-refractivity contribution in [2.24, 2.45) is 0 Å². The smallest absolute Gasteiger partial charge is 0.326 e. The number of hydrogen-bond acceptors (Lipinski definition) is 3. The maximum atomic E-state index is 12.2. The largest absolute Gasteiger partial charge is 0.480 e. The number of pyridine rings is 1. The normalized spacial score (nSPS) is 9.95. The number of carboxylic acid groups (broad SMARTS) is 1. The molecule has 0 bridgehead atoms. The summed E-state index contributed by atoms with van der Waals surface area (Å²) >= 11 is 5.79. The van der Waals surface area contributed by atoms with E-state index >= 15 is 0 Å². The molecule has 1 aromatic carbocycles. The standard InChI is InChI=1S/C14H12ClN3O3/c15-10-3-5-12(6-4-10)18(9-13(19)20)14(21)17-11-2-1-7-16-8-11/h1-8H,9H2,(H,17,21)(H,19,20). The van der Waals surface area contributed by atoms with Gasteiger partial charge in [-0.15, -0.1) is 0 Å². The minimum atomic E-state index is -1.12. The molecule has 0 saturated heterocycles. The lowest BCUT2D eigenvalue weighted by molar-refractivity contribution is -0.135. The van der Waals surface area contributed by atoms with E-state index < -0.39 is 18.5 Å². The summed E-state index contributed by atoms with van der Waals surface area (Å²) in [6.45, 7) is -0.465. The molecule has 21 heavy (non-hydrogen) atoms. The number of benzene rings is 1. The van der Waals surface area contributed by atoms with E-state index in [0.29, 0.717) is 16.4 Å². The first kappa shape index (κ1) is 14.8. The van der Waals surface area contributed by atoms with Gasteiger partial charge >= 0.3 is 12.0 Å². The molecule has 1 aromatic heterocycles. The van der Waals surface area contributed by atoms with Crippen LogP contribution in [0.3, 0.4) is 0 Å². The molecule has 0 radical (unpaired) electrons. The summed E-state index contributed by atoms with van der Waals surface area (Å²) in [5.41, 5.74) is 0.912. The fourth-order valence-corrected chi connectivity index (χ4v) is 1.79. The first-order valence-corrected chi connectivity index (χ1v) is 6.40. The number of halogens is 1. The van der Waals surface area contributed by atoms with E-state index in [-0.39, 0.29) is 0 Å². The van der Waals surface area contributed by atoms with Crippen molar-refractivity contribution in [3.05, 3.63) is 53.8 Å². The van der Waals surface area contributed by atoms with Gasteiger partial charge in [-0.05, 0) is 36.4 Å². The molecular weight excluding hydrogens is 294 g/mol. The maximum Gasteiger partial charge on any atom is 0.326 e. The van der Waals surface area contributed by atoms with Crippen molar-refractivity contribution in [3.8, 4) is 0 Å². The number of carbonyl (C=O) groups excluding carboxylic acids is 1. The molecule has 1 heterocycles. The van der Waals surface area contributed by atoms with Crippen molar-refractivity contribution in [1.29, 1.82) is 0 Å². The van der Waals surface area contributed by atoms with Crippen LogP contribution in [0.5, 0.6) is 0 Å². The maximum absolute atomic E-state index is 12.2. The Labute approximate surface area is 126 Å². The van der Waals surface area contributed by atoms with Crippen molar-refractivity contribution in [3.63, 3.8) is 0 Å². The Morgan fingerprint density at radius 3 is 2.52 bits per heavy atom. The number of hydrogen-bond donors (Lipinski definition) is 2. The molecule has 2 amide bonds. The van der Waals surface area contributed by atoms with Gasteiger partial charge in [-0.3, -0.25) is 14.7 Å². The number of urea groups is 1. The molecular formula is C14H12ClN3O3. The second-order valence-corrected chi connectivity index (χ2v) is 4.56. The molecule has 2 aromatic rings. The zero-order valence-electron chi connectivity index (χ0n) is 10.9. The van der Waals surface area contributed by atoms with Crippen LogP contribution in [-0.4, -0.2) is 28.6 Å². The van der Waals surface area contributed by atoms with Gasteiger partial charge in [0.25, 0.3) is 0 Å². The van der Waals surface area contributed by atoms with Gasteiger partial charge in [0, 0.05) is 16.9 Å². The van der Waals surface area contributed by atoms with Crippen molar-refractivity contribution < 1.29 is 14.7 Å². The van der Waals surface area contributed by atoms with Crippen LogP contribution in [-0.2, 0) is 4.79 Å². The van der Waals surface area contributed by atoms with Gasteiger partial charge in [0.1, 0.15) is 6.54 Å². The van der Waals surface area contributed by atoms with Gasteiger partial charge in [0.2, 0.25) is 0 Å². The molecule has 0 aliphatic rings. The predicted molar refractivity (Wildman–Crippen MR) is 79.7 cm³/mol. The van der Waals surface area contributed by atoms with Crippen LogP contribution in [0.15, 0.2) is 48.8 Å². The van der Waals surface area contributed by atoms with Crippen LogP contribution in [0, 0.1) is 0 Å². The fourth-order valence-electron chi connectivity index (χ4n) is 1.66. The average Bonchev–Trinajstić information content (AvgIpc) is 2.46. The first-order chi connectivity index (χ1) is 10.1. The SMILES string of the molecule is O=C(O)CN(C(=O)Nc1cccnc1)c1ccc(Cl)cc1. The molecule has 0 aliphatic heterocycles. The van der Waals surface area contributed by atoms with E-state index in [0.717, 1.165) is 4.90 Å². The number of carbonyl (C=O) groups is 2. The van der Waals surface area contributed by atoms with Crippen molar-refractivity contribution in [2.45, 2.75) is 0 Å². The summed E-state index contributed by atoms with van der Waals surface area (Å²) in [4.78, 5) is 28.1. The molecule has 6 nitrogen and oxygen atoms in total. The lowest BCUT2D eigenvalue weighted by Crippen LogP contribution is -2.38. The van der Waals surface area contributed by atoms with Gasteiger partial charge in [-0.2, -0.15) is 0 Å². The number of carboxylic acids is 1. The summed E-state index contributed by atoms with van der Waals surface area (Å²) in [6.07, 6.45) is 3.04. The predicted octanol–water partition coefficient (Wildman–Crippen LogP) is 2.86. The van der Waals surface area contributed by atoms with Crippen molar-refractivity contribution >= 4 is 35.0 Å². The van der Waals surface area contributed by atoms with E-state index in [2.05, 4.69) is 10.3 Å². The summed E-state index contributed by atoms with van der Waals surface area (Å²) in [7, 11) is 0. The van der Waals surface area contributed by atoms with Crippen LogP contribution < -0.4 is 10.2 Å². The highest BCUT2D eigenvalue weighted by Crippen LogP contribution is 2.19. The molecule has 0 unspecified atom stereocenters. The number of anilines is 2. The Morgan fingerprint density at radius 1 is 1.24 bits per heavy atom. The third-order valence-corrected chi connectivity index (χ3v) is 2.84. The number of rotatable bonds is 4. The van der Waals surface area contributed by atoms with Gasteiger partial charge in [-0.25, -0.2) is 4.79 Å². The molecule has 108 valence electrons. The zero-order chi connectivity index (χ0) is 15.2. The number of amides is 2. The number of aliphatic carboxylic acids is 1. The first-order valence-electron chi connectivity index (χ1n) is 6.02. The van der Waals surface area contributed by atoms with E-state index in [1.165, 1.54) is 6.20 Å². The van der Waals surface area contributed by atoms with E-state index in [4.69, 9.17) is 16.7 Å². The molecule has 0 saturated carbocycles. The Bertz CT molecular complexity index is 632. The monoisotopic (exact) mass is 305 g/mol. The zero-order valence-corrected chi connectivity index (χ0v) is 11.6. The fraction of sp³-hybridized carbons (Fsp3) is 0.0714. The number of nitrogens with one attached hydrogen (secondary N) is 1. The highest BCUT2D eigenvalue weighted by Gasteiger charge is 2.19. The third kappa shape index (κ3) is 4.19. The molecule has 0 aliphatic carbocycles. The van der Waals surface area contributed by atoms with Crippen LogP contribution in [0.4, 0.5) is 16.2 Å². The van der Waals surface area contributed by atoms with E-state index in [1.54, 1.807) is 42.6 Å². The second kappa shape index (κ2) is 6.71. The summed E-state index contributed by atoms with van der Waals surface area (Å²) in [5.74, 6) is -1.12. The summed E-state index contributed by atoms with van der Waals surface area (Å²) in [6, 6.07) is 9.09. The molecule has 0 atom stereocenters. The minimum absolute atomic E-state index is 0.434. The van der Waals surface area contributed by atoms with Gasteiger partial charge in [-0.1, -0.05) is 11.6 Å². The Kier molecular flexibility index (Phi) is 4.73. The van der Waals surface area contributed by atoms with Crippen LogP contribution in [0.2, 0.25) is 5.02 Å². The number of aromatic nitrogens is 1. The van der Waals surface area contributed by atoms with Gasteiger partial charge < -0.3 is 10.4 Å². The Morgan fingerprint density at radius 2 is 1.95 bits per heavy atom. The van der Waals surface area contributed by atoms with Crippen LogP contribution >= 0.6 is 11.6 Å².